The van der Waals surface area contributed by atoms with Gasteiger partial charge in [-0.1, -0.05) is 30.7 Å². The highest BCUT2D eigenvalue weighted by Crippen LogP contribution is 2.26. The first-order valence-electron chi connectivity index (χ1n) is 11.8. The summed E-state index contributed by atoms with van der Waals surface area (Å²) < 4.78 is 1.92. The molecule has 174 valence electrons. The molecule has 0 bridgehead atoms. The lowest BCUT2D eigenvalue weighted by atomic mass is 9.97. The Morgan fingerprint density at radius 1 is 1.12 bits per heavy atom. The minimum Gasteiger partial charge on any atom is -0.367 e. The summed E-state index contributed by atoms with van der Waals surface area (Å²) in [5.41, 5.74) is 3.85. The standard InChI is InChI=1S/C26H29N7O/c1-3-18-5-4-6-19(13-18)25(34)31-21-8-7-17(2)22(14-21)32-26-27-11-12-33(26)24-15-23(28-16-29-24)30-20-9-10-20/h4-8,11-13,15-16,20,22H,3,9-10,14H2,1-2H3,(H,27,32)(H,31,34)(H,28,29,30). The van der Waals surface area contributed by atoms with Crippen LogP contribution in [0.1, 0.15) is 49.0 Å². The zero-order valence-corrected chi connectivity index (χ0v) is 19.5. The number of hydrogen-bond donors (Lipinski definition) is 3. The van der Waals surface area contributed by atoms with Crippen LogP contribution in [0.25, 0.3) is 5.82 Å². The number of hydrogen-bond acceptors (Lipinski definition) is 6. The van der Waals surface area contributed by atoms with Crippen LogP contribution in [0, 0.1) is 0 Å². The monoisotopic (exact) mass is 455 g/mol. The van der Waals surface area contributed by atoms with Crippen LogP contribution in [-0.4, -0.2) is 37.5 Å². The number of amides is 1. The zero-order chi connectivity index (χ0) is 23.5. The van der Waals surface area contributed by atoms with E-state index in [0.717, 1.165) is 29.3 Å². The van der Waals surface area contributed by atoms with Gasteiger partial charge in [-0.05, 0) is 50.0 Å². The third-order valence-electron chi connectivity index (χ3n) is 6.17. The van der Waals surface area contributed by atoms with E-state index in [9.17, 15) is 4.79 Å². The van der Waals surface area contributed by atoms with Crippen molar-refractivity contribution in [2.24, 2.45) is 0 Å². The number of carbonyl (C=O) groups excluding carboxylic acids is 1. The van der Waals surface area contributed by atoms with Crippen LogP contribution in [-0.2, 0) is 6.42 Å². The Balaban J connectivity index is 1.28. The zero-order valence-electron chi connectivity index (χ0n) is 19.5. The van der Waals surface area contributed by atoms with Crippen molar-refractivity contribution in [1.82, 2.24) is 24.8 Å². The summed E-state index contributed by atoms with van der Waals surface area (Å²) in [6, 6.07) is 10.2. The topological polar surface area (TPSA) is 96.8 Å². The third kappa shape index (κ3) is 5.01. The Morgan fingerprint density at radius 2 is 2.00 bits per heavy atom. The van der Waals surface area contributed by atoms with E-state index in [1.54, 1.807) is 12.5 Å². The Labute approximate surface area is 199 Å². The fourth-order valence-electron chi connectivity index (χ4n) is 3.95. The lowest BCUT2D eigenvalue weighted by molar-refractivity contribution is 0.0964. The van der Waals surface area contributed by atoms with Gasteiger partial charge in [0.2, 0.25) is 5.95 Å². The smallest absolute Gasteiger partial charge is 0.255 e. The molecule has 1 amide bonds. The van der Waals surface area contributed by atoms with Gasteiger partial charge >= 0.3 is 0 Å². The molecule has 1 aromatic carbocycles. The van der Waals surface area contributed by atoms with E-state index in [-0.39, 0.29) is 11.9 Å². The SMILES string of the molecule is CCc1cccc(C(=O)NC2=CC=C(C)C(Nc3nccn3-c3cc(NC4CC4)ncn3)C2)c1. The van der Waals surface area contributed by atoms with Gasteiger partial charge in [-0.2, -0.15) is 0 Å². The number of anilines is 2. The van der Waals surface area contributed by atoms with Gasteiger partial charge in [0.05, 0.1) is 6.04 Å². The van der Waals surface area contributed by atoms with Crippen molar-refractivity contribution in [3.05, 3.63) is 83.6 Å². The summed E-state index contributed by atoms with van der Waals surface area (Å²) in [5.74, 6) is 2.17. The number of benzene rings is 1. The van der Waals surface area contributed by atoms with Crippen LogP contribution >= 0.6 is 0 Å². The van der Waals surface area contributed by atoms with Crippen LogP contribution in [0.4, 0.5) is 11.8 Å². The third-order valence-corrected chi connectivity index (χ3v) is 6.17. The molecule has 8 nitrogen and oxygen atoms in total. The molecular weight excluding hydrogens is 426 g/mol. The summed E-state index contributed by atoms with van der Waals surface area (Å²) in [7, 11) is 0. The molecule has 1 fully saturated rings. The molecule has 8 heteroatoms. The molecular formula is C26H29N7O. The second-order valence-corrected chi connectivity index (χ2v) is 8.81. The predicted octanol–water partition coefficient (Wildman–Crippen LogP) is 4.24. The molecule has 2 aromatic heterocycles. The minimum absolute atomic E-state index is 0.00526. The second-order valence-electron chi connectivity index (χ2n) is 8.81. The maximum absolute atomic E-state index is 12.8. The Kier molecular flexibility index (Phi) is 6.12. The maximum Gasteiger partial charge on any atom is 0.255 e. The number of nitrogens with one attached hydrogen (secondary N) is 3. The lowest BCUT2D eigenvalue weighted by Gasteiger charge is -2.25. The average molecular weight is 456 g/mol. The van der Waals surface area contributed by atoms with Crippen LogP contribution in [0.2, 0.25) is 0 Å². The first-order chi connectivity index (χ1) is 16.6. The van der Waals surface area contributed by atoms with Crippen LogP contribution in [0.15, 0.2) is 72.5 Å². The van der Waals surface area contributed by atoms with E-state index in [0.29, 0.717) is 24.0 Å². The van der Waals surface area contributed by atoms with E-state index in [1.807, 2.05) is 53.2 Å². The quantitative estimate of drug-likeness (QED) is 0.470. The number of imidazole rings is 1. The van der Waals surface area contributed by atoms with E-state index >= 15 is 0 Å². The molecule has 3 aromatic rings. The molecule has 0 aliphatic heterocycles. The minimum atomic E-state index is -0.0913. The van der Waals surface area contributed by atoms with Crippen LogP contribution in [0.5, 0.6) is 0 Å². The lowest BCUT2D eigenvalue weighted by Crippen LogP contribution is -2.31. The van der Waals surface area contributed by atoms with Crippen molar-refractivity contribution in [2.75, 3.05) is 10.6 Å². The normalized spacial score (nSPS) is 17.5. The van der Waals surface area contributed by atoms with Crippen molar-refractivity contribution in [3.8, 4) is 5.82 Å². The summed E-state index contributed by atoms with van der Waals surface area (Å²) in [4.78, 5) is 26.1. The van der Waals surface area contributed by atoms with Gasteiger partial charge in [0.1, 0.15) is 18.0 Å². The van der Waals surface area contributed by atoms with Crippen molar-refractivity contribution in [1.29, 1.82) is 0 Å². The fraction of sp³-hybridized carbons (Fsp3) is 0.308. The average Bonchev–Trinajstić information content (AvgIpc) is 3.55. The van der Waals surface area contributed by atoms with Gasteiger partial charge in [0.15, 0.2) is 0 Å². The molecule has 2 aliphatic rings. The van der Waals surface area contributed by atoms with Gasteiger partial charge < -0.3 is 16.0 Å². The molecule has 0 spiro atoms. The molecule has 2 aliphatic carbocycles. The molecule has 3 N–H and O–H groups in total. The largest absolute Gasteiger partial charge is 0.367 e. The van der Waals surface area contributed by atoms with Crippen molar-refractivity contribution in [3.63, 3.8) is 0 Å². The summed E-state index contributed by atoms with van der Waals surface area (Å²) in [6.07, 6.45) is 13.1. The van der Waals surface area contributed by atoms with Gasteiger partial charge in [-0.3, -0.25) is 9.36 Å². The number of aryl methyl sites for hydroxylation is 1. The van der Waals surface area contributed by atoms with Crippen molar-refractivity contribution < 1.29 is 4.79 Å². The first kappa shape index (κ1) is 21.9. The van der Waals surface area contributed by atoms with Gasteiger partial charge in [0, 0.05) is 42.2 Å². The number of nitrogens with zero attached hydrogens (tertiary/aromatic N) is 4. The Hall–Kier alpha value is -3.94. The number of rotatable bonds is 8. The van der Waals surface area contributed by atoms with Crippen LogP contribution in [0.3, 0.4) is 0 Å². The van der Waals surface area contributed by atoms with Crippen LogP contribution < -0.4 is 16.0 Å². The summed E-state index contributed by atoms with van der Waals surface area (Å²) in [6.45, 7) is 4.16. The summed E-state index contributed by atoms with van der Waals surface area (Å²) >= 11 is 0. The van der Waals surface area contributed by atoms with Gasteiger partial charge in [0.25, 0.3) is 5.91 Å². The molecule has 0 radical (unpaired) electrons. The van der Waals surface area contributed by atoms with Crippen molar-refractivity contribution in [2.45, 2.75) is 51.6 Å². The van der Waals surface area contributed by atoms with Gasteiger partial charge in [-0.15, -0.1) is 0 Å². The predicted molar refractivity (Wildman–Crippen MR) is 133 cm³/mol. The Bertz CT molecular complexity index is 1260. The highest BCUT2D eigenvalue weighted by Gasteiger charge is 2.23. The number of carbonyl (C=O) groups is 1. The van der Waals surface area contributed by atoms with Gasteiger partial charge in [-0.25, -0.2) is 15.0 Å². The molecule has 34 heavy (non-hydrogen) atoms. The Morgan fingerprint density at radius 3 is 2.82 bits per heavy atom. The van der Waals surface area contributed by atoms with E-state index in [1.165, 1.54) is 18.4 Å². The van der Waals surface area contributed by atoms with E-state index in [4.69, 9.17) is 0 Å². The molecule has 1 atom stereocenters. The second kappa shape index (κ2) is 9.51. The molecule has 1 saturated carbocycles. The molecule has 5 rings (SSSR count). The highest BCUT2D eigenvalue weighted by atomic mass is 16.1. The number of allylic oxidation sites excluding steroid dienone is 2. The highest BCUT2D eigenvalue weighted by molar-refractivity contribution is 5.95. The summed E-state index contributed by atoms with van der Waals surface area (Å²) in [5, 5.41) is 10.0. The molecule has 1 unspecified atom stereocenters. The van der Waals surface area contributed by atoms with E-state index < -0.39 is 0 Å². The molecule has 0 saturated heterocycles. The number of aromatic nitrogens is 4. The van der Waals surface area contributed by atoms with E-state index in [2.05, 4.69) is 44.7 Å². The first-order valence-corrected chi connectivity index (χ1v) is 11.8. The maximum atomic E-state index is 12.8. The molecule has 2 heterocycles. The fourth-order valence-corrected chi connectivity index (χ4v) is 3.95. The van der Waals surface area contributed by atoms with Crippen molar-refractivity contribution >= 4 is 17.7 Å².